The van der Waals surface area contributed by atoms with E-state index in [1.165, 1.54) is 7.11 Å². The average Bonchev–Trinajstić information content (AvgIpc) is 2.96. The number of anilines is 1. The van der Waals surface area contributed by atoms with Crippen molar-refractivity contribution in [1.29, 1.82) is 0 Å². The second-order valence-corrected chi connectivity index (χ2v) is 4.59. The van der Waals surface area contributed by atoms with Gasteiger partial charge in [0.05, 0.1) is 13.0 Å². The second kappa shape index (κ2) is 6.31. The quantitative estimate of drug-likeness (QED) is 0.793. The molecule has 1 fully saturated rings. The van der Waals surface area contributed by atoms with Crippen molar-refractivity contribution in [2.45, 2.75) is 13.3 Å². The molecule has 0 aliphatic carbocycles. The van der Waals surface area contributed by atoms with Crippen LogP contribution in [0.3, 0.4) is 0 Å². The highest BCUT2D eigenvalue weighted by atomic mass is 16.5. The van der Waals surface area contributed by atoms with Gasteiger partial charge in [0.15, 0.2) is 11.5 Å². The molecular weight excluding hydrogens is 260 g/mol. The zero-order valence-corrected chi connectivity index (χ0v) is 11.6. The van der Waals surface area contributed by atoms with Crippen LogP contribution in [0.25, 0.3) is 0 Å². The van der Waals surface area contributed by atoms with Gasteiger partial charge in [-0.2, -0.15) is 0 Å². The predicted molar refractivity (Wildman–Crippen MR) is 72.4 cm³/mol. The molecule has 1 aliphatic heterocycles. The van der Waals surface area contributed by atoms with Gasteiger partial charge in [-0.25, -0.2) is 0 Å². The van der Waals surface area contributed by atoms with Crippen LogP contribution < -0.4 is 10.2 Å². The molecule has 1 atom stereocenters. The van der Waals surface area contributed by atoms with Crippen molar-refractivity contribution in [3.8, 4) is 0 Å². The van der Waals surface area contributed by atoms with Crippen LogP contribution in [0.1, 0.15) is 23.8 Å². The number of hydrogen-bond acceptors (Lipinski definition) is 6. The van der Waals surface area contributed by atoms with Gasteiger partial charge in [0.1, 0.15) is 0 Å². The van der Waals surface area contributed by atoms with Gasteiger partial charge in [0, 0.05) is 19.6 Å². The fourth-order valence-corrected chi connectivity index (χ4v) is 2.19. The smallest absolute Gasteiger partial charge is 0.310 e. The van der Waals surface area contributed by atoms with E-state index in [-0.39, 0.29) is 17.8 Å². The number of carbonyl (C=O) groups excluding carboxylic acids is 2. The van der Waals surface area contributed by atoms with Crippen molar-refractivity contribution >= 4 is 17.7 Å². The number of nitrogens with zero attached hydrogens (tertiary/aromatic N) is 3. The number of rotatable bonds is 4. The Kier molecular flexibility index (Phi) is 4.49. The average molecular weight is 278 g/mol. The molecule has 1 amide bonds. The zero-order chi connectivity index (χ0) is 14.5. The topological polar surface area (TPSA) is 84.4 Å². The second-order valence-electron chi connectivity index (χ2n) is 4.59. The lowest BCUT2D eigenvalue weighted by molar-refractivity contribution is -0.144. The van der Waals surface area contributed by atoms with E-state index in [4.69, 9.17) is 4.74 Å². The van der Waals surface area contributed by atoms with Crippen LogP contribution in [0.4, 0.5) is 5.82 Å². The first kappa shape index (κ1) is 14.2. The molecular formula is C13H18N4O3. The van der Waals surface area contributed by atoms with Gasteiger partial charge in [-0.05, 0) is 25.5 Å². The fraction of sp³-hybridized carbons (Fsp3) is 0.538. The van der Waals surface area contributed by atoms with Crippen molar-refractivity contribution in [2.75, 3.05) is 31.6 Å². The summed E-state index contributed by atoms with van der Waals surface area (Å²) in [6.45, 7) is 3.70. The first-order valence-electron chi connectivity index (χ1n) is 6.60. The third-order valence-electron chi connectivity index (χ3n) is 3.27. The SMILES string of the molecule is CCNC(=O)c1ccc(N2CCC(C(=O)OC)C2)nn1. The molecule has 108 valence electrons. The maximum atomic E-state index is 11.6. The minimum absolute atomic E-state index is 0.120. The Morgan fingerprint density at radius 2 is 2.25 bits per heavy atom. The summed E-state index contributed by atoms with van der Waals surface area (Å²) in [5, 5.41) is 10.6. The molecule has 0 saturated carbocycles. The molecule has 1 unspecified atom stereocenters. The highest BCUT2D eigenvalue weighted by Crippen LogP contribution is 2.22. The molecule has 1 N–H and O–H groups in total. The summed E-state index contributed by atoms with van der Waals surface area (Å²) >= 11 is 0. The molecule has 1 aromatic rings. The largest absolute Gasteiger partial charge is 0.469 e. The van der Waals surface area contributed by atoms with Crippen molar-refractivity contribution in [3.05, 3.63) is 17.8 Å². The van der Waals surface area contributed by atoms with Crippen molar-refractivity contribution in [3.63, 3.8) is 0 Å². The Balaban J connectivity index is 2.01. The minimum atomic E-state index is -0.236. The van der Waals surface area contributed by atoms with Crippen LogP contribution in [-0.2, 0) is 9.53 Å². The van der Waals surface area contributed by atoms with Crippen molar-refractivity contribution in [2.24, 2.45) is 5.92 Å². The van der Waals surface area contributed by atoms with Crippen molar-refractivity contribution in [1.82, 2.24) is 15.5 Å². The Morgan fingerprint density at radius 3 is 2.85 bits per heavy atom. The van der Waals surface area contributed by atoms with E-state index < -0.39 is 0 Å². The van der Waals surface area contributed by atoms with E-state index in [0.717, 1.165) is 13.0 Å². The number of nitrogens with one attached hydrogen (secondary N) is 1. The summed E-state index contributed by atoms with van der Waals surface area (Å²) < 4.78 is 4.74. The van der Waals surface area contributed by atoms with Crippen LogP contribution in [-0.4, -0.2) is 48.8 Å². The molecule has 0 aromatic carbocycles. The molecule has 20 heavy (non-hydrogen) atoms. The normalized spacial score (nSPS) is 17.9. The molecule has 0 spiro atoms. The van der Waals surface area contributed by atoms with E-state index in [1.54, 1.807) is 12.1 Å². The number of aromatic nitrogens is 2. The van der Waals surface area contributed by atoms with Gasteiger partial charge in [-0.1, -0.05) is 0 Å². The summed E-state index contributed by atoms with van der Waals surface area (Å²) in [6.07, 6.45) is 0.742. The third-order valence-corrected chi connectivity index (χ3v) is 3.27. The van der Waals surface area contributed by atoms with Gasteiger partial charge < -0.3 is 15.0 Å². The number of ether oxygens (including phenoxy) is 1. The van der Waals surface area contributed by atoms with Crippen LogP contribution in [0, 0.1) is 5.92 Å². The molecule has 1 saturated heterocycles. The highest BCUT2D eigenvalue weighted by molar-refractivity contribution is 5.92. The van der Waals surface area contributed by atoms with E-state index >= 15 is 0 Å². The lowest BCUT2D eigenvalue weighted by Gasteiger charge is -2.16. The Hall–Kier alpha value is -2.18. The number of esters is 1. The Labute approximate surface area is 117 Å². The zero-order valence-electron chi connectivity index (χ0n) is 11.6. The maximum Gasteiger partial charge on any atom is 0.310 e. The van der Waals surface area contributed by atoms with Gasteiger partial charge >= 0.3 is 5.97 Å². The summed E-state index contributed by atoms with van der Waals surface area (Å²) in [7, 11) is 1.39. The standard InChI is InChI=1S/C13H18N4O3/c1-3-14-12(18)10-4-5-11(16-15-10)17-7-6-9(8-17)13(19)20-2/h4-5,9H,3,6-8H2,1-2H3,(H,14,18). The highest BCUT2D eigenvalue weighted by Gasteiger charge is 2.29. The van der Waals surface area contributed by atoms with E-state index in [1.807, 2.05) is 11.8 Å². The summed E-state index contributed by atoms with van der Waals surface area (Å²) in [5.41, 5.74) is 0.291. The molecule has 0 radical (unpaired) electrons. The molecule has 1 aliphatic rings. The van der Waals surface area contributed by atoms with Gasteiger partial charge in [0.2, 0.25) is 0 Å². The van der Waals surface area contributed by atoms with Gasteiger partial charge in [0.25, 0.3) is 5.91 Å². The van der Waals surface area contributed by atoms with E-state index in [9.17, 15) is 9.59 Å². The lowest BCUT2D eigenvalue weighted by atomic mass is 10.1. The molecule has 0 bridgehead atoms. The van der Waals surface area contributed by atoms with Crippen LogP contribution in [0.15, 0.2) is 12.1 Å². The third kappa shape index (κ3) is 3.04. The van der Waals surface area contributed by atoms with Gasteiger partial charge in [-0.15, -0.1) is 10.2 Å². The first-order valence-corrected chi connectivity index (χ1v) is 6.60. The van der Waals surface area contributed by atoms with Crippen molar-refractivity contribution < 1.29 is 14.3 Å². The lowest BCUT2D eigenvalue weighted by Crippen LogP contribution is -2.26. The molecule has 7 heteroatoms. The van der Waals surface area contributed by atoms with Gasteiger partial charge in [-0.3, -0.25) is 9.59 Å². The molecule has 2 heterocycles. The monoisotopic (exact) mass is 278 g/mol. The number of hydrogen-bond donors (Lipinski definition) is 1. The number of carbonyl (C=O) groups is 2. The summed E-state index contributed by atoms with van der Waals surface area (Å²) in [4.78, 5) is 25.0. The summed E-state index contributed by atoms with van der Waals surface area (Å²) in [5.74, 6) is 0.120. The number of methoxy groups -OCH3 is 1. The predicted octanol–water partition coefficient (Wildman–Crippen LogP) is 0.226. The van der Waals surface area contributed by atoms with Crippen LogP contribution in [0.5, 0.6) is 0 Å². The Morgan fingerprint density at radius 1 is 1.45 bits per heavy atom. The molecule has 7 nitrogen and oxygen atoms in total. The molecule has 1 aromatic heterocycles. The summed E-state index contributed by atoms with van der Waals surface area (Å²) in [6, 6.07) is 3.38. The van der Waals surface area contributed by atoms with E-state index in [0.29, 0.717) is 24.6 Å². The minimum Gasteiger partial charge on any atom is -0.469 e. The molecule has 2 rings (SSSR count). The maximum absolute atomic E-state index is 11.6. The number of amides is 1. The van der Waals surface area contributed by atoms with Crippen LogP contribution in [0.2, 0.25) is 0 Å². The fourth-order valence-electron chi connectivity index (χ4n) is 2.19. The van der Waals surface area contributed by atoms with Crippen LogP contribution >= 0.6 is 0 Å². The van der Waals surface area contributed by atoms with E-state index in [2.05, 4.69) is 15.5 Å². The first-order chi connectivity index (χ1) is 9.65. The Bertz CT molecular complexity index is 489.